The Balaban J connectivity index is 4.09. The van der Waals surface area contributed by atoms with Gasteiger partial charge in [-0.2, -0.15) is 0 Å². The lowest BCUT2D eigenvalue weighted by atomic mass is 9.89. The molecule has 1 unspecified atom stereocenters. The van der Waals surface area contributed by atoms with E-state index in [1.165, 1.54) is 0 Å². The smallest absolute Gasteiger partial charge is 0.407 e. The number of nitrogens with two attached hydrogens (primary N) is 1. The maximum Gasteiger partial charge on any atom is 0.407 e. The van der Waals surface area contributed by atoms with Gasteiger partial charge in [0.25, 0.3) is 0 Å². The predicted octanol–water partition coefficient (Wildman–Crippen LogP) is 2.66. The van der Waals surface area contributed by atoms with Crippen molar-refractivity contribution in [3.05, 3.63) is 0 Å². The minimum atomic E-state index is -0.465. The SMILES string of the molecule is CC(C)(C)CCC(CN)NC(=O)OC(C)(C)C. The quantitative estimate of drug-likeness (QED) is 0.799. The van der Waals surface area contributed by atoms with Crippen LogP contribution in [0.1, 0.15) is 54.4 Å². The van der Waals surface area contributed by atoms with E-state index in [0.29, 0.717) is 6.54 Å². The number of hydrogen-bond donors (Lipinski definition) is 2. The van der Waals surface area contributed by atoms with Gasteiger partial charge in [-0.05, 0) is 39.0 Å². The van der Waals surface area contributed by atoms with E-state index in [-0.39, 0.29) is 17.6 Å². The Labute approximate surface area is 105 Å². The lowest BCUT2D eigenvalue weighted by Crippen LogP contribution is -2.43. The van der Waals surface area contributed by atoms with Gasteiger partial charge < -0.3 is 15.8 Å². The lowest BCUT2D eigenvalue weighted by molar-refractivity contribution is 0.0500. The van der Waals surface area contributed by atoms with Gasteiger partial charge >= 0.3 is 6.09 Å². The molecule has 0 saturated carbocycles. The van der Waals surface area contributed by atoms with Crippen molar-refractivity contribution in [2.24, 2.45) is 11.1 Å². The highest BCUT2D eigenvalue weighted by atomic mass is 16.6. The Hall–Kier alpha value is -0.770. The molecule has 0 saturated heterocycles. The van der Waals surface area contributed by atoms with Crippen LogP contribution in [-0.4, -0.2) is 24.3 Å². The number of nitrogens with one attached hydrogen (secondary N) is 1. The van der Waals surface area contributed by atoms with E-state index < -0.39 is 5.60 Å². The molecule has 0 aromatic carbocycles. The molecule has 0 rings (SSSR count). The molecule has 1 amide bonds. The van der Waals surface area contributed by atoms with Gasteiger partial charge in [0, 0.05) is 12.6 Å². The molecule has 0 aromatic rings. The summed E-state index contributed by atoms with van der Waals surface area (Å²) in [5, 5.41) is 2.81. The summed E-state index contributed by atoms with van der Waals surface area (Å²) in [5.74, 6) is 0. The van der Waals surface area contributed by atoms with Crippen LogP contribution in [0.15, 0.2) is 0 Å². The summed E-state index contributed by atoms with van der Waals surface area (Å²) in [6.07, 6.45) is 1.51. The van der Waals surface area contributed by atoms with Crippen molar-refractivity contribution in [3.8, 4) is 0 Å². The van der Waals surface area contributed by atoms with Crippen molar-refractivity contribution in [3.63, 3.8) is 0 Å². The van der Waals surface area contributed by atoms with Crippen molar-refractivity contribution >= 4 is 6.09 Å². The number of carbonyl (C=O) groups is 1. The van der Waals surface area contributed by atoms with Crippen molar-refractivity contribution in [1.82, 2.24) is 5.32 Å². The molecule has 4 heteroatoms. The Kier molecular flexibility index (Phi) is 5.96. The number of rotatable bonds is 4. The zero-order chi connectivity index (χ0) is 13.7. The zero-order valence-corrected chi connectivity index (χ0v) is 12.1. The van der Waals surface area contributed by atoms with E-state index in [9.17, 15) is 4.79 Å². The number of ether oxygens (including phenoxy) is 1. The summed E-state index contributed by atoms with van der Waals surface area (Å²) in [7, 11) is 0. The molecule has 0 aliphatic carbocycles. The van der Waals surface area contributed by atoms with E-state index in [0.717, 1.165) is 12.8 Å². The fourth-order valence-corrected chi connectivity index (χ4v) is 1.33. The molecule has 1 atom stereocenters. The van der Waals surface area contributed by atoms with Gasteiger partial charge in [-0.3, -0.25) is 0 Å². The van der Waals surface area contributed by atoms with Crippen LogP contribution in [0.4, 0.5) is 4.79 Å². The van der Waals surface area contributed by atoms with Crippen molar-refractivity contribution in [1.29, 1.82) is 0 Å². The summed E-state index contributed by atoms with van der Waals surface area (Å²) in [4.78, 5) is 11.6. The summed E-state index contributed by atoms with van der Waals surface area (Å²) in [6, 6.07) is -0.0101. The average molecular weight is 244 g/mol. The number of amides is 1. The van der Waals surface area contributed by atoms with E-state index in [1.54, 1.807) is 0 Å². The molecule has 0 aliphatic rings. The van der Waals surface area contributed by atoms with Gasteiger partial charge in [-0.1, -0.05) is 20.8 Å². The van der Waals surface area contributed by atoms with E-state index >= 15 is 0 Å². The summed E-state index contributed by atoms with van der Waals surface area (Å²) >= 11 is 0. The first-order chi connectivity index (χ1) is 7.53. The van der Waals surface area contributed by atoms with Gasteiger partial charge in [0.1, 0.15) is 5.60 Å². The minimum Gasteiger partial charge on any atom is -0.444 e. The normalized spacial score (nSPS) is 14.3. The molecule has 0 bridgehead atoms. The standard InChI is InChI=1S/C13H28N2O2/c1-12(2,3)8-7-10(9-14)15-11(16)17-13(4,5)6/h10H,7-9,14H2,1-6H3,(H,15,16). The first-order valence-electron chi connectivity index (χ1n) is 6.23. The first kappa shape index (κ1) is 16.2. The fourth-order valence-electron chi connectivity index (χ4n) is 1.33. The molecule has 0 heterocycles. The van der Waals surface area contributed by atoms with Gasteiger partial charge in [-0.25, -0.2) is 4.79 Å². The Bertz CT molecular complexity index is 239. The third-order valence-electron chi connectivity index (χ3n) is 2.25. The van der Waals surface area contributed by atoms with Crippen LogP contribution in [0.5, 0.6) is 0 Å². The van der Waals surface area contributed by atoms with Crippen LogP contribution in [-0.2, 0) is 4.74 Å². The maximum absolute atomic E-state index is 11.6. The van der Waals surface area contributed by atoms with Gasteiger partial charge in [0.15, 0.2) is 0 Å². The van der Waals surface area contributed by atoms with Crippen molar-refractivity contribution < 1.29 is 9.53 Å². The molecule has 0 spiro atoms. The number of alkyl carbamates (subject to hydrolysis) is 1. The van der Waals surface area contributed by atoms with E-state index in [4.69, 9.17) is 10.5 Å². The molecule has 0 fully saturated rings. The molecule has 102 valence electrons. The van der Waals surface area contributed by atoms with E-state index in [2.05, 4.69) is 26.1 Å². The zero-order valence-electron chi connectivity index (χ0n) is 12.1. The first-order valence-corrected chi connectivity index (χ1v) is 6.23. The topological polar surface area (TPSA) is 64.3 Å². The van der Waals surface area contributed by atoms with Crippen LogP contribution < -0.4 is 11.1 Å². The fraction of sp³-hybridized carbons (Fsp3) is 0.923. The molecule has 3 N–H and O–H groups in total. The second-order valence-corrected chi connectivity index (χ2v) is 6.68. The Morgan fingerprint density at radius 3 is 2.12 bits per heavy atom. The molecular weight excluding hydrogens is 216 g/mol. The van der Waals surface area contributed by atoms with Crippen LogP contribution >= 0.6 is 0 Å². The number of hydrogen-bond acceptors (Lipinski definition) is 3. The highest BCUT2D eigenvalue weighted by molar-refractivity contribution is 5.68. The molecule has 0 aromatic heterocycles. The van der Waals surface area contributed by atoms with Gasteiger partial charge in [0.05, 0.1) is 0 Å². The molecular formula is C13H28N2O2. The third kappa shape index (κ3) is 10.1. The van der Waals surface area contributed by atoms with E-state index in [1.807, 2.05) is 20.8 Å². The minimum absolute atomic E-state index is 0.0101. The summed E-state index contributed by atoms with van der Waals surface area (Å²) in [5.41, 5.74) is 5.43. The van der Waals surface area contributed by atoms with Crippen LogP contribution in [0.25, 0.3) is 0 Å². The Morgan fingerprint density at radius 2 is 1.76 bits per heavy atom. The second kappa shape index (κ2) is 6.24. The van der Waals surface area contributed by atoms with Crippen molar-refractivity contribution in [2.45, 2.75) is 66.0 Å². The van der Waals surface area contributed by atoms with Gasteiger partial charge in [0.2, 0.25) is 0 Å². The van der Waals surface area contributed by atoms with Crippen LogP contribution in [0.3, 0.4) is 0 Å². The largest absolute Gasteiger partial charge is 0.444 e. The monoisotopic (exact) mass is 244 g/mol. The molecule has 17 heavy (non-hydrogen) atoms. The maximum atomic E-state index is 11.6. The average Bonchev–Trinajstić information content (AvgIpc) is 2.07. The highest BCUT2D eigenvalue weighted by Gasteiger charge is 2.20. The highest BCUT2D eigenvalue weighted by Crippen LogP contribution is 2.21. The van der Waals surface area contributed by atoms with Gasteiger partial charge in [-0.15, -0.1) is 0 Å². The third-order valence-corrected chi connectivity index (χ3v) is 2.25. The second-order valence-electron chi connectivity index (χ2n) is 6.68. The molecule has 4 nitrogen and oxygen atoms in total. The lowest BCUT2D eigenvalue weighted by Gasteiger charge is -2.25. The van der Waals surface area contributed by atoms with Crippen molar-refractivity contribution in [2.75, 3.05) is 6.54 Å². The molecule has 0 aliphatic heterocycles. The van der Waals surface area contributed by atoms with Crippen LogP contribution in [0, 0.1) is 5.41 Å². The summed E-state index contributed by atoms with van der Waals surface area (Å²) in [6.45, 7) is 12.5. The van der Waals surface area contributed by atoms with Crippen LogP contribution in [0.2, 0.25) is 0 Å². The predicted molar refractivity (Wildman–Crippen MR) is 70.9 cm³/mol. The summed E-state index contributed by atoms with van der Waals surface area (Å²) < 4.78 is 5.20. The molecule has 0 radical (unpaired) electrons. The Morgan fingerprint density at radius 1 is 1.24 bits per heavy atom. The number of carbonyl (C=O) groups excluding carboxylic acids is 1.